The maximum Gasteiger partial charge on any atom is 0.304 e. The Morgan fingerprint density at radius 3 is 2.26 bits per heavy atom. The number of allylic oxidation sites excluding steroid dienone is 1. The molecular weight excluding hydrogens is 446 g/mol. The molecule has 0 bridgehead atoms. The van der Waals surface area contributed by atoms with Gasteiger partial charge < -0.3 is 0 Å². The summed E-state index contributed by atoms with van der Waals surface area (Å²) in [4.78, 5) is 27.1. The quantitative estimate of drug-likeness (QED) is 0.346. The Bertz CT molecular complexity index is 1350. The van der Waals surface area contributed by atoms with E-state index in [1.54, 1.807) is 30.3 Å². The van der Waals surface area contributed by atoms with Gasteiger partial charge in [0.2, 0.25) is 0 Å². The molecule has 2 aromatic carbocycles. The number of nitro groups is 2. The molecule has 1 aromatic heterocycles. The zero-order valence-electron chi connectivity index (χ0n) is 15.5. The van der Waals surface area contributed by atoms with Crippen molar-refractivity contribution in [3.63, 3.8) is 0 Å². The van der Waals surface area contributed by atoms with Crippen molar-refractivity contribution in [3.8, 4) is 0 Å². The van der Waals surface area contributed by atoms with Crippen LogP contribution in [0.3, 0.4) is 0 Å². The Labute approximate surface area is 179 Å². The third kappa shape index (κ3) is 3.21. The highest BCUT2D eigenvalue weighted by Crippen LogP contribution is 2.50. The van der Waals surface area contributed by atoms with Crippen LogP contribution in [0.1, 0.15) is 10.6 Å². The molecule has 31 heavy (non-hydrogen) atoms. The topological polar surface area (TPSA) is 154 Å². The summed E-state index contributed by atoms with van der Waals surface area (Å²) in [5.74, 6) is 0. The normalized spacial score (nSPS) is 21.4. The smallest absolute Gasteiger partial charge is 0.285 e. The molecule has 0 saturated carbocycles. The predicted molar refractivity (Wildman–Crippen MR) is 113 cm³/mol. The lowest BCUT2D eigenvalue weighted by molar-refractivity contribution is -0.559. The van der Waals surface area contributed by atoms with E-state index < -0.39 is 42.0 Å². The summed E-state index contributed by atoms with van der Waals surface area (Å²) in [5, 5.41) is 22.3. The highest BCUT2D eigenvalue weighted by Gasteiger charge is 2.65. The monoisotopic (exact) mass is 459 g/mol. The standard InChI is InChI=1S/C19H13N3O7S2/c23-21(24)14-10-11-16(31(27,28)29)19(22(25)26,12-6-2-1-3-7-12)17(14)18-20-13-8-4-5-9-15(13)30-18/h1-11,16H,(H,27,28,29). The van der Waals surface area contributed by atoms with Gasteiger partial charge in [-0.1, -0.05) is 42.5 Å². The first-order chi connectivity index (χ1) is 14.7. The molecule has 1 N–H and O–H groups in total. The molecule has 2 unspecified atom stereocenters. The lowest BCUT2D eigenvalue weighted by Gasteiger charge is -2.32. The number of benzene rings is 2. The number of thiazole rings is 1. The predicted octanol–water partition coefficient (Wildman–Crippen LogP) is 3.28. The van der Waals surface area contributed by atoms with Gasteiger partial charge in [0.25, 0.3) is 15.8 Å². The van der Waals surface area contributed by atoms with Crippen molar-refractivity contribution >= 4 is 37.2 Å². The molecule has 0 amide bonds. The van der Waals surface area contributed by atoms with Crippen LogP contribution in [0.25, 0.3) is 15.8 Å². The van der Waals surface area contributed by atoms with E-state index >= 15 is 0 Å². The van der Waals surface area contributed by atoms with Gasteiger partial charge in [-0.2, -0.15) is 8.42 Å². The third-order valence-corrected chi connectivity index (χ3v) is 7.20. The number of hydrogen-bond acceptors (Lipinski definition) is 8. The first-order valence-corrected chi connectivity index (χ1v) is 11.1. The van der Waals surface area contributed by atoms with Gasteiger partial charge in [-0.25, -0.2) is 4.98 Å². The van der Waals surface area contributed by atoms with Crippen LogP contribution in [0.2, 0.25) is 0 Å². The fraction of sp³-hybridized carbons (Fsp3) is 0.105. The second kappa shape index (κ2) is 7.34. The molecule has 1 heterocycles. The lowest BCUT2D eigenvalue weighted by Crippen LogP contribution is -2.52. The molecule has 12 heteroatoms. The van der Waals surface area contributed by atoms with Gasteiger partial charge in [0.15, 0.2) is 5.25 Å². The zero-order chi connectivity index (χ0) is 22.4. The Morgan fingerprint density at radius 1 is 1.03 bits per heavy atom. The van der Waals surface area contributed by atoms with Crippen LogP contribution in [0.4, 0.5) is 0 Å². The van der Waals surface area contributed by atoms with Gasteiger partial charge in [-0.05, 0) is 18.2 Å². The molecule has 158 valence electrons. The van der Waals surface area contributed by atoms with E-state index in [2.05, 4.69) is 4.98 Å². The van der Waals surface area contributed by atoms with E-state index in [0.717, 1.165) is 23.5 Å². The summed E-state index contributed by atoms with van der Waals surface area (Å²) >= 11 is 0.964. The van der Waals surface area contributed by atoms with E-state index in [-0.39, 0.29) is 10.6 Å². The van der Waals surface area contributed by atoms with Crippen molar-refractivity contribution in [3.05, 3.63) is 103 Å². The van der Waals surface area contributed by atoms with Crippen LogP contribution in [0.5, 0.6) is 0 Å². The summed E-state index contributed by atoms with van der Waals surface area (Å²) in [6.45, 7) is 0. The van der Waals surface area contributed by atoms with Crippen molar-refractivity contribution in [1.29, 1.82) is 0 Å². The van der Waals surface area contributed by atoms with Gasteiger partial charge in [0, 0.05) is 16.6 Å². The van der Waals surface area contributed by atoms with Gasteiger partial charge in [-0.3, -0.25) is 24.8 Å². The molecular formula is C19H13N3O7S2. The zero-order valence-corrected chi connectivity index (χ0v) is 17.1. The van der Waals surface area contributed by atoms with E-state index in [4.69, 9.17) is 0 Å². The van der Waals surface area contributed by atoms with Crippen LogP contribution in [0.15, 0.2) is 72.4 Å². The molecule has 1 aliphatic carbocycles. The first kappa shape index (κ1) is 20.8. The summed E-state index contributed by atoms with van der Waals surface area (Å²) in [6, 6.07) is 13.8. The average molecular weight is 459 g/mol. The second-order valence-corrected chi connectivity index (χ2v) is 9.26. The number of hydrogen-bond donors (Lipinski definition) is 1. The Kier molecular flexibility index (Phi) is 4.92. The van der Waals surface area contributed by atoms with E-state index in [1.807, 2.05) is 0 Å². The number of fused-ring (bicyclic) bond motifs is 1. The van der Waals surface area contributed by atoms with Crippen molar-refractivity contribution < 1.29 is 22.8 Å². The van der Waals surface area contributed by atoms with Crippen molar-refractivity contribution in [2.75, 3.05) is 0 Å². The Hall–Kier alpha value is -3.48. The molecule has 4 rings (SSSR count). The van der Waals surface area contributed by atoms with E-state index in [9.17, 15) is 33.2 Å². The summed E-state index contributed by atoms with van der Waals surface area (Å²) in [6.07, 6.45) is 1.64. The van der Waals surface area contributed by atoms with Crippen molar-refractivity contribution in [2.45, 2.75) is 10.8 Å². The molecule has 0 radical (unpaired) electrons. The van der Waals surface area contributed by atoms with Crippen LogP contribution >= 0.6 is 11.3 Å². The lowest BCUT2D eigenvalue weighted by atomic mass is 9.76. The van der Waals surface area contributed by atoms with Crippen LogP contribution in [0, 0.1) is 20.2 Å². The van der Waals surface area contributed by atoms with Crippen molar-refractivity contribution in [1.82, 2.24) is 4.98 Å². The maximum absolute atomic E-state index is 12.6. The molecule has 10 nitrogen and oxygen atoms in total. The Morgan fingerprint density at radius 2 is 1.68 bits per heavy atom. The number of nitrogens with zero attached hydrogens (tertiary/aromatic N) is 3. The Balaban J connectivity index is 2.19. The van der Waals surface area contributed by atoms with Crippen molar-refractivity contribution in [2.24, 2.45) is 0 Å². The minimum absolute atomic E-state index is 0.0774. The molecule has 1 aliphatic rings. The number of para-hydroxylation sites is 1. The fourth-order valence-electron chi connectivity index (χ4n) is 3.76. The summed E-state index contributed by atoms with van der Waals surface area (Å²) in [7, 11) is -5.06. The average Bonchev–Trinajstić information content (AvgIpc) is 3.16. The van der Waals surface area contributed by atoms with Gasteiger partial charge in [0.05, 0.1) is 15.1 Å². The fourth-order valence-corrected chi connectivity index (χ4v) is 5.89. The first-order valence-electron chi connectivity index (χ1n) is 8.77. The van der Waals surface area contributed by atoms with Crippen LogP contribution < -0.4 is 0 Å². The molecule has 2 atom stereocenters. The van der Waals surface area contributed by atoms with Gasteiger partial charge >= 0.3 is 5.54 Å². The SMILES string of the molecule is O=[N+]([O-])C1=C(c2nc3ccccc3s2)C(c2ccccc2)([N+](=O)[O-])C(S(=O)(=O)O)C=C1. The van der Waals surface area contributed by atoms with Gasteiger partial charge in [0.1, 0.15) is 10.6 Å². The van der Waals surface area contributed by atoms with E-state index in [1.165, 1.54) is 24.3 Å². The molecule has 0 spiro atoms. The van der Waals surface area contributed by atoms with Crippen LogP contribution in [-0.2, 0) is 15.7 Å². The highest BCUT2D eigenvalue weighted by atomic mass is 32.2. The van der Waals surface area contributed by atoms with E-state index in [0.29, 0.717) is 10.2 Å². The van der Waals surface area contributed by atoms with Gasteiger partial charge in [-0.15, -0.1) is 11.3 Å². The highest BCUT2D eigenvalue weighted by molar-refractivity contribution is 7.86. The minimum atomic E-state index is -5.06. The molecule has 0 saturated heterocycles. The minimum Gasteiger partial charge on any atom is -0.285 e. The molecule has 3 aromatic rings. The third-order valence-electron chi connectivity index (χ3n) is 5.01. The van der Waals surface area contributed by atoms with Crippen LogP contribution in [-0.4, -0.2) is 33.1 Å². The molecule has 0 aliphatic heterocycles. The maximum atomic E-state index is 12.6. The second-order valence-electron chi connectivity index (χ2n) is 6.69. The summed E-state index contributed by atoms with van der Waals surface area (Å²) in [5.41, 5.74) is -3.55. The largest absolute Gasteiger partial charge is 0.304 e. The number of aromatic nitrogens is 1. The number of rotatable bonds is 5. The summed E-state index contributed by atoms with van der Waals surface area (Å²) < 4.78 is 35.1. The molecule has 0 fully saturated rings.